The van der Waals surface area contributed by atoms with Crippen molar-refractivity contribution < 1.29 is 4.74 Å². The quantitative estimate of drug-likeness (QED) is 0.610. The number of anilines is 1. The van der Waals surface area contributed by atoms with Crippen LogP contribution in [0.25, 0.3) is 16.6 Å². The van der Waals surface area contributed by atoms with Crippen LogP contribution in [0.4, 0.5) is 5.13 Å². The van der Waals surface area contributed by atoms with Crippen LogP contribution in [-0.4, -0.2) is 35.0 Å². The molecule has 3 aromatic rings. The molecule has 0 fully saturated rings. The average molecular weight is 389 g/mol. The molecule has 0 aliphatic heterocycles. The molecule has 3 rings (SSSR count). The molecule has 5 nitrogen and oxygen atoms in total. The van der Waals surface area contributed by atoms with Gasteiger partial charge in [-0.3, -0.25) is 4.68 Å². The van der Waals surface area contributed by atoms with Crippen molar-refractivity contribution >= 4 is 34.1 Å². The number of rotatable bonds is 8. The van der Waals surface area contributed by atoms with Crippen LogP contribution in [0.3, 0.4) is 0 Å². The first kappa shape index (κ1) is 18.6. The van der Waals surface area contributed by atoms with Crippen LogP contribution in [0.2, 0.25) is 0 Å². The standard InChI is InChI=1S/C19H21ClN4OS/c1-14-18(17-8-9-24(23-17)10-11-25-2)26-19(22-14)21-13-16(20)12-15-6-4-3-5-7-15/h3-9,12H,10-11,13H2,1-2H3,(H,21,22)/b16-12-. The summed E-state index contributed by atoms with van der Waals surface area (Å²) in [7, 11) is 1.69. The van der Waals surface area contributed by atoms with Crippen LogP contribution >= 0.6 is 22.9 Å². The van der Waals surface area contributed by atoms with Crippen molar-refractivity contribution in [2.45, 2.75) is 13.5 Å². The zero-order chi connectivity index (χ0) is 18.4. The van der Waals surface area contributed by atoms with Crippen molar-refractivity contribution in [1.82, 2.24) is 14.8 Å². The van der Waals surface area contributed by atoms with E-state index in [9.17, 15) is 0 Å². The minimum atomic E-state index is 0.533. The molecule has 0 aliphatic carbocycles. The van der Waals surface area contributed by atoms with Crippen molar-refractivity contribution in [2.24, 2.45) is 0 Å². The molecule has 0 unspecified atom stereocenters. The van der Waals surface area contributed by atoms with Crippen LogP contribution < -0.4 is 5.32 Å². The van der Waals surface area contributed by atoms with Gasteiger partial charge in [-0.15, -0.1) is 0 Å². The lowest BCUT2D eigenvalue weighted by Crippen LogP contribution is -2.04. The number of ether oxygens (including phenoxy) is 1. The minimum Gasteiger partial charge on any atom is -0.383 e. The maximum atomic E-state index is 6.33. The number of aromatic nitrogens is 3. The van der Waals surface area contributed by atoms with Gasteiger partial charge in [-0.05, 0) is 24.6 Å². The molecule has 7 heteroatoms. The predicted octanol–water partition coefficient (Wildman–Crippen LogP) is 4.65. The Bertz CT molecular complexity index is 873. The van der Waals surface area contributed by atoms with Crippen molar-refractivity contribution in [2.75, 3.05) is 25.6 Å². The molecule has 136 valence electrons. The Morgan fingerprint density at radius 2 is 2.12 bits per heavy atom. The highest BCUT2D eigenvalue weighted by Gasteiger charge is 2.12. The van der Waals surface area contributed by atoms with Gasteiger partial charge in [-0.25, -0.2) is 4.98 Å². The fourth-order valence-electron chi connectivity index (χ4n) is 2.44. The Labute approximate surface area is 162 Å². The first-order valence-corrected chi connectivity index (χ1v) is 9.50. The lowest BCUT2D eigenvalue weighted by atomic mass is 10.2. The summed E-state index contributed by atoms with van der Waals surface area (Å²) in [6, 6.07) is 12.0. The molecule has 26 heavy (non-hydrogen) atoms. The SMILES string of the molecule is COCCn1ccc(-c2sc(NC/C(Cl)=C/c3ccccc3)nc2C)n1. The number of nitrogens with one attached hydrogen (secondary N) is 1. The Balaban J connectivity index is 1.64. The van der Waals surface area contributed by atoms with Gasteiger partial charge in [0.1, 0.15) is 5.69 Å². The zero-order valence-electron chi connectivity index (χ0n) is 14.8. The maximum Gasteiger partial charge on any atom is 0.183 e. The lowest BCUT2D eigenvalue weighted by Gasteiger charge is -2.01. The van der Waals surface area contributed by atoms with Crippen LogP contribution in [0, 0.1) is 6.92 Å². The monoisotopic (exact) mass is 388 g/mol. The van der Waals surface area contributed by atoms with Gasteiger partial charge < -0.3 is 10.1 Å². The van der Waals surface area contributed by atoms with E-state index in [0.717, 1.165) is 38.5 Å². The number of hydrogen-bond acceptors (Lipinski definition) is 5. The van der Waals surface area contributed by atoms with E-state index in [-0.39, 0.29) is 0 Å². The molecule has 0 saturated carbocycles. The van der Waals surface area contributed by atoms with E-state index in [0.29, 0.717) is 13.2 Å². The van der Waals surface area contributed by atoms with Gasteiger partial charge in [0.15, 0.2) is 5.13 Å². The van der Waals surface area contributed by atoms with Crippen molar-refractivity contribution in [3.05, 3.63) is 58.9 Å². The van der Waals surface area contributed by atoms with Crippen molar-refractivity contribution in [3.63, 3.8) is 0 Å². The van der Waals surface area contributed by atoms with Crippen LogP contribution in [0.1, 0.15) is 11.3 Å². The molecule has 0 amide bonds. The number of halogens is 1. The third-order valence-corrected chi connectivity index (χ3v) is 5.11. The molecule has 0 radical (unpaired) electrons. The number of benzene rings is 1. The number of aryl methyl sites for hydroxylation is 1. The highest BCUT2D eigenvalue weighted by atomic mass is 35.5. The molecular formula is C19H21ClN4OS. The number of hydrogen-bond donors (Lipinski definition) is 1. The molecule has 0 bridgehead atoms. The first-order chi connectivity index (χ1) is 12.7. The molecule has 1 N–H and O–H groups in total. The summed E-state index contributed by atoms with van der Waals surface area (Å²) in [6.45, 7) is 3.90. The van der Waals surface area contributed by atoms with E-state index >= 15 is 0 Å². The minimum absolute atomic E-state index is 0.533. The smallest absolute Gasteiger partial charge is 0.183 e. The van der Waals surface area contributed by atoms with Crippen LogP contribution in [0.15, 0.2) is 47.6 Å². The highest BCUT2D eigenvalue weighted by molar-refractivity contribution is 7.19. The second-order valence-electron chi connectivity index (χ2n) is 5.75. The number of thiazole rings is 1. The van der Waals surface area contributed by atoms with Crippen LogP contribution in [-0.2, 0) is 11.3 Å². The Morgan fingerprint density at radius 3 is 2.88 bits per heavy atom. The summed E-state index contributed by atoms with van der Waals surface area (Å²) < 4.78 is 6.97. The normalized spacial score (nSPS) is 11.7. The third kappa shape index (κ3) is 4.94. The molecule has 2 aromatic heterocycles. The Morgan fingerprint density at radius 1 is 1.31 bits per heavy atom. The second kappa shape index (κ2) is 8.98. The molecule has 0 saturated heterocycles. The van der Waals surface area contributed by atoms with E-state index < -0.39 is 0 Å². The second-order valence-corrected chi connectivity index (χ2v) is 7.23. The topological polar surface area (TPSA) is 52.0 Å². The van der Waals surface area contributed by atoms with E-state index in [1.165, 1.54) is 0 Å². The van der Waals surface area contributed by atoms with Gasteiger partial charge in [0.25, 0.3) is 0 Å². The zero-order valence-corrected chi connectivity index (χ0v) is 16.3. The molecular weight excluding hydrogens is 368 g/mol. The summed E-state index contributed by atoms with van der Waals surface area (Å²) in [5.41, 5.74) is 2.96. The van der Waals surface area contributed by atoms with Gasteiger partial charge in [0, 0.05) is 18.3 Å². The van der Waals surface area contributed by atoms with Crippen molar-refractivity contribution in [3.8, 4) is 10.6 Å². The largest absolute Gasteiger partial charge is 0.383 e. The molecule has 2 heterocycles. The van der Waals surface area contributed by atoms with Gasteiger partial charge in [0.2, 0.25) is 0 Å². The summed E-state index contributed by atoms with van der Waals surface area (Å²) in [4.78, 5) is 5.65. The molecule has 1 aromatic carbocycles. The van der Waals surface area contributed by atoms with E-state index in [1.54, 1.807) is 18.4 Å². The van der Waals surface area contributed by atoms with E-state index in [1.807, 2.05) is 60.3 Å². The molecule has 0 spiro atoms. The van der Waals surface area contributed by atoms with Gasteiger partial charge in [-0.2, -0.15) is 5.10 Å². The molecule has 0 atom stereocenters. The van der Waals surface area contributed by atoms with Crippen molar-refractivity contribution in [1.29, 1.82) is 0 Å². The lowest BCUT2D eigenvalue weighted by molar-refractivity contribution is 0.183. The maximum absolute atomic E-state index is 6.33. The summed E-state index contributed by atoms with van der Waals surface area (Å²) in [5, 5.41) is 9.44. The fraction of sp³-hybridized carbons (Fsp3) is 0.263. The highest BCUT2D eigenvalue weighted by Crippen LogP contribution is 2.31. The number of methoxy groups -OCH3 is 1. The average Bonchev–Trinajstić information content (AvgIpc) is 3.25. The number of nitrogens with zero attached hydrogens (tertiary/aromatic N) is 3. The van der Waals surface area contributed by atoms with Crippen LogP contribution in [0.5, 0.6) is 0 Å². The van der Waals surface area contributed by atoms with Gasteiger partial charge >= 0.3 is 0 Å². The van der Waals surface area contributed by atoms with E-state index in [2.05, 4.69) is 15.4 Å². The fourth-order valence-corrected chi connectivity index (χ4v) is 3.56. The molecule has 0 aliphatic rings. The van der Waals surface area contributed by atoms with Gasteiger partial charge in [-0.1, -0.05) is 53.3 Å². The first-order valence-electron chi connectivity index (χ1n) is 8.31. The Hall–Kier alpha value is -2.15. The summed E-state index contributed by atoms with van der Waals surface area (Å²) in [6.07, 6.45) is 3.91. The predicted molar refractivity (Wildman–Crippen MR) is 109 cm³/mol. The Kier molecular flexibility index (Phi) is 6.44. The summed E-state index contributed by atoms with van der Waals surface area (Å²) in [5.74, 6) is 0. The third-order valence-electron chi connectivity index (χ3n) is 3.73. The van der Waals surface area contributed by atoms with E-state index in [4.69, 9.17) is 16.3 Å². The van der Waals surface area contributed by atoms with Gasteiger partial charge in [0.05, 0.1) is 30.3 Å². The summed E-state index contributed by atoms with van der Waals surface area (Å²) >= 11 is 7.91.